The maximum absolute atomic E-state index is 11.9. The molecule has 0 saturated heterocycles. The number of amides is 1. The number of anilines is 1. The first kappa shape index (κ1) is 12.5. The number of aryl methyl sites for hydroxylation is 1. The van der Waals surface area contributed by atoms with E-state index in [0.717, 1.165) is 23.3 Å². The molecule has 1 aliphatic heterocycles. The Hall–Kier alpha value is -2.49. The zero-order valence-corrected chi connectivity index (χ0v) is 11.2. The highest BCUT2D eigenvalue weighted by atomic mass is 16.6. The van der Waals surface area contributed by atoms with Crippen LogP contribution < -0.4 is 14.8 Å². The molecule has 1 aliphatic rings. The van der Waals surface area contributed by atoms with Crippen LogP contribution in [0.25, 0.3) is 0 Å². The first-order valence-corrected chi connectivity index (χ1v) is 6.52. The minimum atomic E-state index is -0.514. The molecule has 0 atom stereocenters. The number of ether oxygens (including phenoxy) is 2. The van der Waals surface area contributed by atoms with E-state index in [4.69, 9.17) is 9.47 Å². The maximum Gasteiger partial charge on any atom is 0.417 e. The smallest absolute Gasteiger partial charge is 0.417 e. The Morgan fingerprint density at radius 2 is 2.05 bits per heavy atom. The minimum absolute atomic E-state index is 0.509. The van der Waals surface area contributed by atoms with Crippen molar-refractivity contribution in [1.29, 1.82) is 0 Å². The third-order valence-corrected chi connectivity index (χ3v) is 3.12. The minimum Gasteiger partial charge on any atom is -0.491 e. The van der Waals surface area contributed by atoms with E-state index in [0.29, 0.717) is 18.0 Å². The monoisotopic (exact) mass is 269 g/mol. The first-order valence-electron chi connectivity index (χ1n) is 6.52. The fourth-order valence-electron chi connectivity index (χ4n) is 2.29. The number of carbonyl (C=O) groups is 1. The van der Waals surface area contributed by atoms with Crippen LogP contribution in [0.2, 0.25) is 0 Å². The average Bonchev–Trinajstić information content (AvgIpc) is 2.88. The van der Waals surface area contributed by atoms with Crippen molar-refractivity contribution in [3.05, 3.63) is 53.6 Å². The van der Waals surface area contributed by atoms with Gasteiger partial charge in [-0.05, 0) is 36.2 Å². The maximum atomic E-state index is 11.9. The number of nitrogens with one attached hydrogen (secondary N) is 1. The lowest BCUT2D eigenvalue weighted by molar-refractivity contribution is 0.215. The Kier molecular flexibility index (Phi) is 3.29. The Morgan fingerprint density at radius 1 is 1.25 bits per heavy atom. The Labute approximate surface area is 117 Å². The molecule has 20 heavy (non-hydrogen) atoms. The second-order valence-electron chi connectivity index (χ2n) is 4.73. The van der Waals surface area contributed by atoms with Crippen LogP contribution >= 0.6 is 0 Å². The molecular formula is C16H15NO3. The molecule has 2 aromatic rings. The lowest BCUT2D eigenvalue weighted by atomic mass is 10.1. The highest BCUT2D eigenvalue weighted by Gasteiger charge is 2.19. The number of fused-ring (bicyclic) bond motifs is 1. The van der Waals surface area contributed by atoms with Crippen molar-refractivity contribution in [2.45, 2.75) is 13.3 Å². The predicted molar refractivity (Wildman–Crippen MR) is 76.5 cm³/mol. The Morgan fingerprint density at radius 3 is 2.85 bits per heavy atom. The summed E-state index contributed by atoms with van der Waals surface area (Å²) in [6.07, 6.45) is 0.360. The van der Waals surface area contributed by atoms with E-state index in [-0.39, 0.29) is 0 Å². The fourth-order valence-corrected chi connectivity index (χ4v) is 2.29. The quantitative estimate of drug-likeness (QED) is 0.907. The summed E-state index contributed by atoms with van der Waals surface area (Å²) in [5.41, 5.74) is 2.88. The van der Waals surface area contributed by atoms with E-state index >= 15 is 0 Å². The Bertz CT molecular complexity index is 638. The molecular weight excluding hydrogens is 254 g/mol. The van der Waals surface area contributed by atoms with Gasteiger partial charge in [-0.3, -0.25) is 5.32 Å². The van der Waals surface area contributed by atoms with Gasteiger partial charge in [0.2, 0.25) is 0 Å². The van der Waals surface area contributed by atoms with E-state index in [1.165, 1.54) is 0 Å². The van der Waals surface area contributed by atoms with Crippen LogP contribution in [0.15, 0.2) is 42.5 Å². The molecule has 0 fully saturated rings. The summed E-state index contributed by atoms with van der Waals surface area (Å²) in [6, 6.07) is 12.9. The molecule has 0 spiro atoms. The van der Waals surface area contributed by atoms with Crippen LogP contribution in [0.4, 0.5) is 10.5 Å². The lowest BCUT2D eigenvalue weighted by Crippen LogP contribution is -2.17. The second kappa shape index (κ2) is 5.25. The number of para-hydroxylation sites is 1. The molecule has 0 radical (unpaired) electrons. The van der Waals surface area contributed by atoms with Gasteiger partial charge in [-0.2, -0.15) is 0 Å². The molecule has 0 saturated carbocycles. The third kappa shape index (κ3) is 2.59. The Balaban J connectivity index is 1.77. The first-order chi connectivity index (χ1) is 9.72. The molecule has 4 nitrogen and oxygen atoms in total. The highest BCUT2D eigenvalue weighted by molar-refractivity contribution is 5.89. The summed E-state index contributed by atoms with van der Waals surface area (Å²) in [5, 5.41) is 2.75. The standard InChI is InChI=1S/C16H15NO3/c1-11-9-12-7-8-19-15(12)14(10-11)17-16(18)20-13-5-3-2-4-6-13/h2-6,9-10H,7-8H2,1H3,(H,17,18). The molecule has 3 rings (SSSR count). The van der Waals surface area contributed by atoms with Crippen molar-refractivity contribution in [3.8, 4) is 11.5 Å². The fraction of sp³-hybridized carbons (Fsp3) is 0.188. The molecule has 0 aliphatic carbocycles. The van der Waals surface area contributed by atoms with E-state index < -0.39 is 6.09 Å². The largest absolute Gasteiger partial charge is 0.491 e. The summed E-state index contributed by atoms with van der Waals surface area (Å²) in [4.78, 5) is 11.9. The number of hydrogen-bond acceptors (Lipinski definition) is 3. The second-order valence-corrected chi connectivity index (χ2v) is 4.73. The van der Waals surface area contributed by atoms with Crippen LogP contribution in [-0.2, 0) is 6.42 Å². The summed E-state index contributed by atoms with van der Waals surface area (Å²) in [5.74, 6) is 1.26. The van der Waals surface area contributed by atoms with Gasteiger partial charge < -0.3 is 9.47 Å². The van der Waals surface area contributed by atoms with Crippen LogP contribution in [0.1, 0.15) is 11.1 Å². The normalized spacial score (nSPS) is 12.4. The van der Waals surface area contributed by atoms with Crippen molar-refractivity contribution >= 4 is 11.8 Å². The zero-order chi connectivity index (χ0) is 13.9. The molecule has 1 amide bonds. The predicted octanol–water partition coefficient (Wildman–Crippen LogP) is 3.54. The number of rotatable bonds is 2. The van der Waals surface area contributed by atoms with Crippen molar-refractivity contribution in [3.63, 3.8) is 0 Å². The summed E-state index contributed by atoms with van der Waals surface area (Å²) < 4.78 is 10.8. The lowest BCUT2D eigenvalue weighted by Gasteiger charge is -2.11. The van der Waals surface area contributed by atoms with Gasteiger partial charge in [0, 0.05) is 6.42 Å². The topological polar surface area (TPSA) is 47.6 Å². The van der Waals surface area contributed by atoms with Crippen LogP contribution in [0.3, 0.4) is 0 Å². The molecule has 4 heteroatoms. The van der Waals surface area contributed by atoms with Crippen LogP contribution in [0, 0.1) is 6.92 Å². The number of benzene rings is 2. The molecule has 2 aromatic carbocycles. The zero-order valence-electron chi connectivity index (χ0n) is 11.2. The SMILES string of the molecule is Cc1cc2c(c(NC(=O)Oc3ccccc3)c1)OCC2. The van der Waals surface area contributed by atoms with Gasteiger partial charge >= 0.3 is 6.09 Å². The number of hydrogen-bond donors (Lipinski definition) is 1. The van der Waals surface area contributed by atoms with Gasteiger partial charge in [0.25, 0.3) is 0 Å². The van der Waals surface area contributed by atoms with Crippen LogP contribution in [-0.4, -0.2) is 12.7 Å². The average molecular weight is 269 g/mol. The molecule has 0 aromatic heterocycles. The van der Waals surface area contributed by atoms with E-state index in [2.05, 4.69) is 11.4 Å². The molecule has 0 bridgehead atoms. The van der Waals surface area contributed by atoms with E-state index in [9.17, 15) is 4.79 Å². The van der Waals surface area contributed by atoms with Gasteiger partial charge in [0.05, 0.1) is 12.3 Å². The summed E-state index contributed by atoms with van der Waals surface area (Å²) in [7, 11) is 0. The van der Waals surface area contributed by atoms with E-state index in [1.807, 2.05) is 31.2 Å². The molecule has 1 heterocycles. The van der Waals surface area contributed by atoms with Crippen LogP contribution in [0.5, 0.6) is 11.5 Å². The third-order valence-electron chi connectivity index (χ3n) is 3.12. The van der Waals surface area contributed by atoms with Crippen molar-refractivity contribution < 1.29 is 14.3 Å². The highest BCUT2D eigenvalue weighted by Crippen LogP contribution is 2.35. The van der Waals surface area contributed by atoms with Crippen molar-refractivity contribution in [1.82, 2.24) is 0 Å². The molecule has 1 N–H and O–H groups in total. The molecule has 0 unspecified atom stereocenters. The van der Waals surface area contributed by atoms with Gasteiger partial charge in [0.15, 0.2) is 0 Å². The summed E-state index contributed by atoms with van der Waals surface area (Å²) >= 11 is 0. The van der Waals surface area contributed by atoms with Gasteiger partial charge in [-0.25, -0.2) is 4.79 Å². The van der Waals surface area contributed by atoms with Gasteiger partial charge in [0.1, 0.15) is 11.5 Å². The van der Waals surface area contributed by atoms with Gasteiger partial charge in [-0.15, -0.1) is 0 Å². The van der Waals surface area contributed by atoms with Crippen molar-refractivity contribution in [2.75, 3.05) is 11.9 Å². The number of carbonyl (C=O) groups excluding carboxylic acids is 1. The molecule has 102 valence electrons. The van der Waals surface area contributed by atoms with Gasteiger partial charge in [-0.1, -0.05) is 24.3 Å². The van der Waals surface area contributed by atoms with E-state index in [1.54, 1.807) is 12.1 Å². The summed E-state index contributed by atoms with van der Waals surface area (Å²) in [6.45, 7) is 2.65. The van der Waals surface area contributed by atoms with Crippen molar-refractivity contribution in [2.24, 2.45) is 0 Å².